The molecule has 1 heterocycles. The van der Waals surface area contributed by atoms with E-state index in [1.54, 1.807) is 0 Å². The van der Waals surface area contributed by atoms with Crippen molar-refractivity contribution in [3.8, 4) is 0 Å². The zero-order chi connectivity index (χ0) is 13.3. The Bertz CT molecular complexity index is 565. The molecular formula is C17H21NO. The van der Waals surface area contributed by atoms with Gasteiger partial charge in [0.05, 0.1) is 5.60 Å². The highest BCUT2D eigenvalue weighted by atomic mass is 16.3. The Morgan fingerprint density at radius 3 is 2.79 bits per heavy atom. The van der Waals surface area contributed by atoms with Crippen molar-refractivity contribution in [3.05, 3.63) is 42.2 Å². The minimum atomic E-state index is -0.659. The maximum absolute atomic E-state index is 11.0. The molecule has 0 saturated heterocycles. The lowest BCUT2D eigenvalue weighted by molar-refractivity contribution is -0.0132. The molecule has 0 bridgehead atoms. The molecule has 19 heavy (non-hydrogen) atoms. The fourth-order valence-electron chi connectivity index (χ4n) is 3.35. The van der Waals surface area contributed by atoms with Gasteiger partial charge in [-0.2, -0.15) is 0 Å². The average molecular weight is 255 g/mol. The Labute approximate surface area is 114 Å². The van der Waals surface area contributed by atoms with Crippen LogP contribution in [-0.4, -0.2) is 10.1 Å². The Morgan fingerprint density at radius 2 is 2.05 bits per heavy atom. The molecule has 0 spiro atoms. The smallest absolute Gasteiger partial charge is 0.0903 e. The number of rotatable bonds is 2. The van der Waals surface area contributed by atoms with Crippen LogP contribution < -0.4 is 0 Å². The number of pyridine rings is 1. The van der Waals surface area contributed by atoms with Crippen LogP contribution in [0.25, 0.3) is 10.8 Å². The van der Waals surface area contributed by atoms with Crippen LogP contribution in [0.4, 0.5) is 0 Å². The summed E-state index contributed by atoms with van der Waals surface area (Å²) in [6.07, 6.45) is 8.93. The van der Waals surface area contributed by atoms with E-state index in [2.05, 4.69) is 24.0 Å². The minimum Gasteiger partial charge on any atom is -0.385 e. The molecule has 0 unspecified atom stereocenters. The van der Waals surface area contributed by atoms with E-state index in [9.17, 15) is 5.11 Å². The molecule has 1 aliphatic rings. The second-order valence-electron chi connectivity index (χ2n) is 5.79. The fraction of sp³-hybridized carbons (Fsp3) is 0.471. The number of hydrogen-bond acceptors (Lipinski definition) is 2. The summed E-state index contributed by atoms with van der Waals surface area (Å²) >= 11 is 0. The molecule has 1 N–H and O–H groups in total. The summed E-state index contributed by atoms with van der Waals surface area (Å²) in [5.74, 6) is 0.786. The molecule has 0 radical (unpaired) electrons. The van der Waals surface area contributed by atoms with Gasteiger partial charge in [0.2, 0.25) is 0 Å². The molecule has 1 aliphatic carbocycles. The Kier molecular flexibility index (Phi) is 3.28. The van der Waals surface area contributed by atoms with Crippen LogP contribution in [-0.2, 0) is 5.60 Å². The maximum atomic E-state index is 11.0. The van der Waals surface area contributed by atoms with E-state index in [0.717, 1.165) is 42.6 Å². The van der Waals surface area contributed by atoms with Crippen LogP contribution in [0, 0.1) is 5.92 Å². The van der Waals surface area contributed by atoms with Crippen LogP contribution in [0.5, 0.6) is 0 Å². The maximum Gasteiger partial charge on any atom is 0.0903 e. The van der Waals surface area contributed by atoms with E-state index in [4.69, 9.17) is 0 Å². The van der Waals surface area contributed by atoms with Crippen molar-refractivity contribution in [2.75, 3.05) is 0 Å². The molecule has 3 rings (SSSR count). The van der Waals surface area contributed by atoms with Crippen molar-refractivity contribution >= 4 is 10.8 Å². The monoisotopic (exact) mass is 255 g/mol. The van der Waals surface area contributed by atoms with Crippen LogP contribution >= 0.6 is 0 Å². The van der Waals surface area contributed by atoms with E-state index in [0.29, 0.717) is 0 Å². The number of fused-ring (bicyclic) bond motifs is 1. The highest BCUT2D eigenvalue weighted by molar-refractivity contribution is 5.85. The highest BCUT2D eigenvalue weighted by Crippen LogP contribution is 2.42. The lowest BCUT2D eigenvalue weighted by Crippen LogP contribution is -2.31. The van der Waals surface area contributed by atoms with Gasteiger partial charge >= 0.3 is 0 Å². The topological polar surface area (TPSA) is 33.1 Å². The van der Waals surface area contributed by atoms with Gasteiger partial charge in [-0.3, -0.25) is 4.98 Å². The Morgan fingerprint density at radius 1 is 1.26 bits per heavy atom. The van der Waals surface area contributed by atoms with Crippen LogP contribution in [0.1, 0.15) is 44.6 Å². The van der Waals surface area contributed by atoms with E-state index >= 15 is 0 Å². The normalized spacial score (nSPS) is 27.6. The number of hydrogen-bond donors (Lipinski definition) is 1. The van der Waals surface area contributed by atoms with Gasteiger partial charge in [0.25, 0.3) is 0 Å². The fourth-order valence-corrected chi connectivity index (χ4v) is 3.35. The lowest BCUT2D eigenvalue weighted by atomic mass is 9.73. The number of aliphatic hydroxyl groups is 1. The predicted molar refractivity (Wildman–Crippen MR) is 77.9 cm³/mol. The lowest BCUT2D eigenvalue weighted by Gasteiger charge is -2.36. The van der Waals surface area contributed by atoms with E-state index in [-0.39, 0.29) is 0 Å². The first kappa shape index (κ1) is 12.6. The van der Waals surface area contributed by atoms with Crippen molar-refractivity contribution < 1.29 is 5.11 Å². The summed E-state index contributed by atoms with van der Waals surface area (Å²) in [5, 5.41) is 13.3. The van der Waals surface area contributed by atoms with Gasteiger partial charge < -0.3 is 5.11 Å². The van der Waals surface area contributed by atoms with Gasteiger partial charge in [0, 0.05) is 17.8 Å². The molecule has 1 saturated carbocycles. The number of nitrogens with zero attached hydrogens (tertiary/aromatic N) is 1. The van der Waals surface area contributed by atoms with E-state index in [1.807, 2.05) is 24.5 Å². The number of benzene rings is 1. The van der Waals surface area contributed by atoms with E-state index < -0.39 is 5.60 Å². The van der Waals surface area contributed by atoms with Crippen LogP contribution in [0.2, 0.25) is 0 Å². The predicted octanol–water partition coefficient (Wildman–Crippen LogP) is 4.02. The van der Waals surface area contributed by atoms with Gasteiger partial charge in [-0.25, -0.2) is 0 Å². The summed E-state index contributed by atoms with van der Waals surface area (Å²) in [6.45, 7) is 2.25. The molecule has 2 heteroatoms. The summed E-state index contributed by atoms with van der Waals surface area (Å²) in [4.78, 5) is 4.22. The molecule has 0 amide bonds. The molecule has 1 fully saturated rings. The summed E-state index contributed by atoms with van der Waals surface area (Å²) in [6, 6.07) is 8.21. The van der Waals surface area contributed by atoms with Crippen molar-refractivity contribution in [2.45, 2.75) is 44.6 Å². The summed E-state index contributed by atoms with van der Waals surface area (Å²) in [5.41, 5.74) is 0.404. The molecule has 1 aromatic heterocycles. The molecule has 2 aromatic rings. The SMILES string of the molecule is CCC1CCC(O)(c2cccc3ccncc23)CC1. The Balaban J connectivity index is 2.00. The molecule has 2 nitrogen and oxygen atoms in total. The van der Waals surface area contributed by atoms with Gasteiger partial charge in [-0.15, -0.1) is 0 Å². The highest BCUT2D eigenvalue weighted by Gasteiger charge is 2.35. The second kappa shape index (κ2) is 4.93. The first-order valence-corrected chi connectivity index (χ1v) is 7.28. The third kappa shape index (κ3) is 2.25. The van der Waals surface area contributed by atoms with Gasteiger partial charge in [0.1, 0.15) is 0 Å². The zero-order valence-corrected chi connectivity index (χ0v) is 11.5. The van der Waals surface area contributed by atoms with Gasteiger partial charge in [-0.05, 0) is 48.6 Å². The molecule has 100 valence electrons. The third-order valence-electron chi connectivity index (χ3n) is 4.69. The molecule has 1 aromatic carbocycles. The standard InChI is InChI=1S/C17H21NO/c1-2-13-6-9-17(19,10-7-13)16-5-3-4-14-8-11-18-12-15(14)16/h3-5,8,11-13,19H,2,6-7,9-10H2,1H3. The van der Waals surface area contributed by atoms with Crippen molar-refractivity contribution in [1.82, 2.24) is 4.98 Å². The summed E-state index contributed by atoms with van der Waals surface area (Å²) in [7, 11) is 0. The van der Waals surface area contributed by atoms with Gasteiger partial charge in [-0.1, -0.05) is 31.5 Å². The molecule has 0 aliphatic heterocycles. The molecule has 0 atom stereocenters. The first-order valence-electron chi connectivity index (χ1n) is 7.28. The van der Waals surface area contributed by atoms with Crippen molar-refractivity contribution in [2.24, 2.45) is 5.92 Å². The largest absolute Gasteiger partial charge is 0.385 e. The molecular weight excluding hydrogens is 234 g/mol. The quantitative estimate of drug-likeness (QED) is 0.879. The Hall–Kier alpha value is -1.41. The third-order valence-corrected chi connectivity index (χ3v) is 4.69. The van der Waals surface area contributed by atoms with Crippen LogP contribution in [0.15, 0.2) is 36.7 Å². The van der Waals surface area contributed by atoms with Crippen molar-refractivity contribution in [3.63, 3.8) is 0 Å². The first-order chi connectivity index (χ1) is 9.23. The summed E-state index contributed by atoms with van der Waals surface area (Å²) < 4.78 is 0. The average Bonchev–Trinajstić information content (AvgIpc) is 2.47. The minimum absolute atomic E-state index is 0.659. The zero-order valence-electron chi connectivity index (χ0n) is 11.5. The van der Waals surface area contributed by atoms with Crippen molar-refractivity contribution in [1.29, 1.82) is 0 Å². The van der Waals surface area contributed by atoms with E-state index in [1.165, 1.54) is 11.8 Å². The number of aromatic nitrogens is 1. The van der Waals surface area contributed by atoms with Crippen LogP contribution in [0.3, 0.4) is 0 Å². The van der Waals surface area contributed by atoms with Gasteiger partial charge in [0.15, 0.2) is 0 Å². The second-order valence-corrected chi connectivity index (χ2v) is 5.79.